The maximum absolute atomic E-state index is 12.3. The molecule has 0 aliphatic rings. The van der Waals surface area contributed by atoms with E-state index in [4.69, 9.17) is 0 Å². The van der Waals surface area contributed by atoms with Crippen molar-refractivity contribution in [2.75, 3.05) is 0 Å². The maximum atomic E-state index is 12.3. The Balaban J connectivity index is 2.44. The van der Waals surface area contributed by atoms with Gasteiger partial charge in [-0.3, -0.25) is 0 Å². The SMILES string of the molecule is C[B]c1ccc(S(=O)(=O)c2ccc(C)cc2)cc1. The lowest BCUT2D eigenvalue weighted by Gasteiger charge is -2.05. The molecule has 4 heteroatoms. The molecular formula is C14H14BO2S. The molecule has 18 heavy (non-hydrogen) atoms. The number of rotatable bonds is 3. The first-order valence-corrected chi connectivity index (χ1v) is 7.23. The summed E-state index contributed by atoms with van der Waals surface area (Å²) in [6.45, 7) is 3.85. The monoisotopic (exact) mass is 257 g/mol. The van der Waals surface area contributed by atoms with Crippen molar-refractivity contribution in [2.45, 2.75) is 23.5 Å². The maximum Gasteiger partial charge on any atom is 0.206 e. The molecule has 0 amide bonds. The van der Waals surface area contributed by atoms with E-state index < -0.39 is 9.84 Å². The first-order valence-electron chi connectivity index (χ1n) is 5.75. The molecule has 0 spiro atoms. The van der Waals surface area contributed by atoms with Crippen LogP contribution in [-0.4, -0.2) is 15.7 Å². The predicted molar refractivity (Wildman–Crippen MR) is 74.3 cm³/mol. The van der Waals surface area contributed by atoms with Gasteiger partial charge in [-0.15, -0.1) is 0 Å². The van der Waals surface area contributed by atoms with E-state index in [-0.39, 0.29) is 0 Å². The zero-order valence-corrected chi connectivity index (χ0v) is 11.2. The topological polar surface area (TPSA) is 34.1 Å². The van der Waals surface area contributed by atoms with Crippen molar-refractivity contribution in [2.24, 2.45) is 0 Å². The van der Waals surface area contributed by atoms with Gasteiger partial charge in [0.1, 0.15) is 7.28 Å². The summed E-state index contributed by atoms with van der Waals surface area (Å²) >= 11 is 0. The number of hydrogen-bond acceptors (Lipinski definition) is 2. The molecule has 0 heterocycles. The fourth-order valence-corrected chi connectivity index (χ4v) is 2.95. The number of sulfone groups is 1. The Kier molecular flexibility index (Phi) is 3.57. The molecule has 0 bridgehead atoms. The minimum Gasteiger partial charge on any atom is -0.219 e. The van der Waals surface area contributed by atoms with E-state index in [2.05, 4.69) is 0 Å². The smallest absolute Gasteiger partial charge is 0.206 e. The molecule has 2 rings (SSSR count). The Morgan fingerprint density at radius 2 is 1.28 bits per heavy atom. The number of aryl methyl sites for hydroxylation is 1. The van der Waals surface area contributed by atoms with Crippen molar-refractivity contribution >= 4 is 22.6 Å². The van der Waals surface area contributed by atoms with E-state index >= 15 is 0 Å². The first-order chi connectivity index (χ1) is 8.54. The summed E-state index contributed by atoms with van der Waals surface area (Å²) in [4.78, 5) is 0.665. The fraction of sp³-hybridized carbons (Fsp3) is 0.143. The van der Waals surface area contributed by atoms with Gasteiger partial charge in [-0.05, 0) is 31.2 Å². The Morgan fingerprint density at radius 1 is 0.833 bits per heavy atom. The molecule has 0 saturated carbocycles. The van der Waals surface area contributed by atoms with Gasteiger partial charge in [0.05, 0.1) is 9.79 Å². The molecule has 0 aliphatic heterocycles. The normalized spacial score (nSPS) is 11.2. The summed E-state index contributed by atoms with van der Waals surface area (Å²) in [6, 6.07) is 13.8. The standard InChI is InChI=1S/C14H14BO2S/c1-11-3-7-13(8-4-11)18(16,17)14-9-5-12(15-2)6-10-14/h3-10H,1-2H3. The van der Waals surface area contributed by atoms with Crippen molar-refractivity contribution in [1.29, 1.82) is 0 Å². The zero-order valence-electron chi connectivity index (χ0n) is 10.4. The summed E-state index contributed by atoms with van der Waals surface area (Å²) in [7, 11) is -1.46. The van der Waals surface area contributed by atoms with Crippen LogP contribution in [0.15, 0.2) is 58.3 Å². The molecule has 2 aromatic carbocycles. The van der Waals surface area contributed by atoms with Crippen molar-refractivity contribution in [3.05, 3.63) is 54.1 Å². The highest BCUT2D eigenvalue weighted by molar-refractivity contribution is 7.91. The summed E-state index contributed by atoms with van der Waals surface area (Å²) < 4.78 is 24.7. The molecule has 1 radical (unpaired) electrons. The van der Waals surface area contributed by atoms with Crippen LogP contribution in [0.3, 0.4) is 0 Å². The van der Waals surface area contributed by atoms with Gasteiger partial charge < -0.3 is 0 Å². The van der Waals surface area contributed by atoms with Gasteiger partial charge in [-0.25, -0.2) is 8.42 Å². The average Bonchev–Trinajstić information content (AvgIpc) is 2.39. The van der Waals surface area contributed by atoms with Crippen LogP contribution in [-0.2, 0) is 9.84 Å². The summed E-state index contributed by atoms with van der Waals surface area (Å²) in [5.41, 5.74) is 2.06. The highest BCUT2D eigenvalue weighted by atomic mass is 32.2. The van der Waals surface area contributed by atoms with E-state index in [0.29, 0.717) is 9.79 Å². The van der Waals surface area contributed by atoms with Gasteiger partial charge in [-0.2, -0.15) is 0 Å². The quantitative estimate of drug-likeness (QED) is 0.790. The summed E-state index contributed by atoms with van der Waals surface area (Å²) in [6.07, 6.45) is 0. The molecule has 0 unspecified atom stereocenters. The van der Waals surface area contributed by atoms with E-state index in [1.807, 2.05) is 21.0 Å². The third-order valence-corrected chi connectivity index (χ3v) is 4.64. The van der Waals surface area contributed by atoms with Crippen molar-refractivity contribution in [3.63, 3.8) is 0 Å². The van der Waals surface area contributed by atoms with E-state index in [1.165, 1.54) is 0 Å². The highest BCUT2D eigenvalue weighted by Crippen LogP contribution is 2.20. The van der Waals surface area contributed by atoms with Crippen LogP contribution in [0, 0.1) is 6.92 Å². The lowest BCUT2D eigenvalue weighted by Crippen LogP contribution is -2.11. The van der Waals surface area contributed by atoms with Crippen molar-refractivity contribution in [1.82, 2.24) is 0 Å². The van der Waals surface area contributed by atoms with E-state index in [1.54, 1.807) is 48.5 Å². The molecule has 2 aromatic rings. The molecule has 0 saturated heterocycles. The summed E-state index contributed by atoms with van der Waals surface area (Å²) in [5, 5.41) is 0. The number of hydrogen-bond donors (Lipinski definition) is 0. The van der Waals surface area contributed by atoms with Crippen LogP contribution in [0.1, 0.15) is 5.56 Å². The second-order valence-corrected chi connectivity index (χ2v) is 6.12. The lowest BCUT2D eigenvalue weighted by molar-refractivity contribution is 0.596. The lowest BCUT2D eigenvalue weighted by atomic mass is 9.74. The second-order valence-electron chi connectivity index (χ2n) is 4.17. The van der Waals surface area contributed by atoms with Gasteiger partial charge in [0, 0.05) is 0 Å². The van der Waals surface area contributed by atoms with Crippen LogP contribution in [0.5, 0.6) is 0 Å². The van der Waals surface area contributed by atoms with E-state index in [0.717, 1.165) is 11.0 Å². The van der Waals surface area contributed by atoms with Crippen LogP contribution in [0.2, 0.25) is 6.82 Å². The van der Waals surface area contributed by atoms with Crippen molar-refractivity contribution in [3.8, 4) is 0 Å². The highest BCUT2D eigenvalue weighted by Gasteiger charge is 2.16. The molecular weight excluding hydrogens is 243 g/mol. The van der Waals surface area contributed by atoms with Crippen LogP contribution in [0.4, 0.5) is 0 Å². The molecule has 2 nitrogen and oxygen atoms in total. The Morgan fingerprint density at radius 3 is 1.72 bits per heavy atom. The molecule has 0 aliphatic carbocycles. The molecule has 0 fully saturated rings. The van der Waals surface area contributed by atoms with Gasteiger partial charge in [0.2, 0.25) is 9.84 Å². The van der Waals surface area contributed by atoms with Gasteiger partial charge >= 0.3 is 0 Å². The van der Waals surface area contributed by atoms with Gasteiger partial charge in [0.15, 0.2) is 0 Å². The molecule has 0 aromatic heterocycles. The Hall–Kier alpha value is -1.55. The third-order valence-electron chi connectivity index (χ3n) is 2.86. The minimum absolute atomic E-state index is 0.331. The Bertz CT molecular complexity index is 628. The van der Waals surface area contributed by atoms with E-state index in [9.17, 15) is 8.42 Å². The summed E-state index contributed by atoms with van der Waals surface area (Å²) in [5.74, 6) is 0. The second kappa shape index (κ2) is 4.98. The third kappa shape index (κ3) is 2.48. The van der Waals surface area contributed by atoms with Gasteiger partial charge in [-0.1, -0.05) is 42.1 Å². The zero-order chi connectivity index (χ0) is 13.2. The van der Waals surface area contributed by atoms with Crippen molar-refractivity contribution < 1.29 is 8.42 Å². The van der Waals surface area contributed by atoms with Crippen LogP contribution in [0.25, 0.3) is 0 Å². The number of benzene rings is 2. The minimum atomic E-state index is -3.39. The fourth-order valence-electron chi connectivity index (χ4n) is 1.69. The first kappa shape index (κ1) is 12.9. The average molecular weight is 257 g/mol. The molecule has 0 N–H and O–H groups in total. The molecule has 0 atom stereocenters. The predicted octanol–water partition coefficient (Wildman–Crippen LogP) is 2.21. The van der Waals surface area contributed by atoms with Crippen LogP contribution >= 0.6 is 0 Å². The largest absolute Gasteiger partial charge is 0.219 e. The van der Waals surface area contributed by atoms with Crippen LogP contribution < -0.4 is 5.46 Å². The molecule has 91 valence electrons. The van der Waals surface area contributed by atoms with Gasteiger partial charge in [0.25, 0.3) is 0 Å². The Labute approximate surface area is 109 Å².